The molecule has 0 radical (unpaired) electrons. The van der Waals surface area contributed by atoms with Crippen LogP contribution in [0.2, 0.25) is 0 Å². The van der Waals surface area contributed by atoms with Crippen molar-refractivity contribution < 1.29 is 4.92 Å². The average molecular weight is 240 g/mol. The molecule has 1 N–H and O–H groups in total. The van der Waals surface area contributed by atoms with Gasteiger partial charge in [0.2, 0.25) is 5.82 Å². The van der Waals surface area contributed by atoms with Gasteiger partial charge >= 0.3 is 5.69 Å². The van der Waals surface area contributed by atoms with Crippen LogP contribution in [0.3, 0.4) is 0 Å². The lowest BCUT2D eigenvalue weighted by Crippen LogP contribution is -2.20. The van der Waals surface area contributed by atoms with E-state index in [1.807, 2.05) is 0 Å². The fourth-order valence-corrected chi connectivity index (χ4v) is 1.95. The Balaban J connectivity index is 3.00. The zero-order valence-electron chi connectivity index (χ0n) is 10.9. The van der Waals surface area contributed by atoms with Gasteiger partial charge in [-0.15, -0.1) is 0 Å². The van der Waals surface area contributed by atoms with Crippen molar-refractivity contribution in [3.8, 4) is 0 Å². The minimum absolute atomic E-state index is 0.0852. The van der Waals surface area contributed by atoms with Gasteiger partial charge in [0.15, 0.2) is 0 Å². The van der Waals surface area contributed by atoms with Crippen molar-refractivity contribution in [2.75, 3.05) is 5.32 Å². The molecule has 0 saturated carbocycles. The Morgan fingerprint density at radius 3 is 2.65 bits per heavy atom. The molecule has 0 aliphatic rings. The predicted octanol–water partition coefficient (Wildman–Crippen LogP) is 2.63. The summed E-state index contributed by atoms with van der Waals surface area (Å²) < 4.78 is 1.55. The molecule has 0 aliphatic heterocycles. The molecule has 0 aromatic carbocycles. The Hall–Kier alpha value is -1.59. The monoisotopic (exact) mass is 240 g/mol. The number of nitrogens with zero attached hydrogens (tertiary/aromatic N) is 3. The zero-order valence-corrected chi connectivity index (χ0v) is 10.9. The Kier molecular flexibility index (Phi) is 4.48. The van der Waals surface area contributed by atoms with Crippen molar-refractivity contribution in [2.45, 2.75) is 46.1 Å². The van der Waals surface area contributed by atoms with Crippen LogP contribution in [0.1, 0.15) is 38.8 Å². The van der Waals surface area contributed by atoms with Crippen LogP contribution in [-0.4, -0.2) is 20.7 Å². The molecule has 0 spiro atoms. The molecule has 0 aliphatic carbocycles. The maximum Gasteiger partial charge on any atom is 0.333 e. The SMILES string of the molecule is CCCC(CC)Nc1c([N+](=O)[O-])c(C)nn1C. The highest BCUT2D eigenvalue weighted by Gasteiger charge is 2.25. The Morgan fingerprint density at radius 1 is 1.53 bits per heavy atom. The maximum atomic E-state index is 11.0. The van der Waals surface area contributed by atoms with Gasteiger partial charge in [-0.2, -0.15) is 5.10 Å². The summed E-state index contributed by atoms with van der Waals surface area (Å²) in [5, 5.41) is 18.3. The van der Waals surface area contributed by atoms with Gasteiger partial charge in [0.05, 0.1) is 4.92 Å². The first-order valence-corrected chi connectivity index (χ1v) is 5.95. The second-order valence-corrected chi connectivity index (χ2v) is 4.20. The van der Waals surface area contributed by atoms with E-state index in [-0.39, 0.29) is 16.7 Å². The number of hydrogen-bond acceptors (Lipinski definition) is 4. The number of hydrogen-bond donors (Lipinski definition) is 1. The van der Waals surface area contributed by atoms with Crippen molar-refractivity contribution in [3.05, 3.63) is 15.8 Å². The van der Waals surface area contributed by atoms with E-state index < -0.39 is 0 Å². The van der Waals surface area contributed by atoms with E-state index in [4.69, 9.17) is 0 Å². The zero-order chi connectivity index (χ0) is 13.0. The molecule has 0 bridgehead atoms. The molecule has 6 heteroatoms. The first-order chi connectivity index (χ1) is 8.01. The Morgan fingerprint density at radius 2 is 2.18 bits per heavy atom. The summed E-state index contributed by atoms with van der Waals surface area (Å²) in [7, 11) is 1.72. The minimum Gasteiger partial charge on any atom is -0.362 e. The molecule has 17 heavy (non-hydrogen) atoms. The number of nitrogens with one attached hydrogen (secondary N) is 1. The van der Waals surface area contributed by atoms with Crippen LogP contribution in [-0.2, 0) is 7.05 Å². The van der Waals surface area contributed by atoms with Gasteiger partial charge in [-0.1, -0.05) is 20.3 Å². The van der Waals surface area contributed by atoms with Crippen molar-refractivity contribution in [3.63, 3.8) is 0 Å². The summed E-state index contributed by atoms with van der Waals surface area (Å²) >= 11 is 0. The largest absolute Gasteiger partial charge is 0.362 e. The van der Waals surface area contributed by atoms with Gasteiger partial charge in [0, 0.05) is 13.1 Å². The lowest BCUT2D eigenvalue weighted by Gasteiger charge is -2.16. The highest BCUT2D eigenvalue weighted by molar-refractivity contribution is 5.59. The van der Waals surface area contributed by atoms with Gasteiger partial charge in [-0.05, 0) is 19.8 Å². The molecule has 96 valence electrons. The third kappa shape index (κ3) is 2.95. The molecule has 0 fully saturated rings. The van der Waals surface area contributed by atoms with Crippen molar-refractivity contribution >= 4 is 11.5 Å². The van der Waals surface area contributed by atoms with Gasteiger partial charge in [-0.3, -0.25) is 10.1 Å². The normalized spacial score (nSPS) is 12.5. The molecule has 1 aromatic heterocycles. The van der Waals surface area contributed by atoms with Crippen LogP contribution in [0.25, 0.3) is 0 Å². The smallest absolute Gasteiger partial charge is 0.333 e. The van der Waals surface area contributed by atoms with Crippen LogP contribution < -0.4 is 5.32 Å². The highest BCUT2D eigenvalue weighted by Crippen LogP contribution is 2.28. The topological polar surface area (TPSA) is 73.0 Å². The number of nitro groups is 1. The lowest BCUT2D eigenvalue weighted by molar-refractivity contribution is -0.384. The van der Waals surface area contributed by atoms with Crippen molar-refractivity contribution in [1.29, 1.82) is 0 Å². The van der Waals surface area contributed by atoms with Crippen molar-refractivity contribution in [1.82, 2.24) is 9.78 Å². The van der Waals surface area contributed by atoms with Gasteiger partial charge < -0.3 is 5.32 Å². The molecule has 1 heterocycles. The third-order valence-corrected chi connectivity index (χ3v) is 2.84. The second-order valence-electron chi connectivity index (χ2n) is 4.20. The summed E-state index contributed by atoms with van der Waals surface area (Å²) in [6.45, 7) is 5.83. The molecule has 6 nitrogen and oxygen atoms in total. The summed E-state index contributed by atoms with van der Waals surface area (Å²) in [6, 6.07) is 0.258. The molecule has 1 rings (SSSR count). The summed E-state index contributed by atoms with van der Waals surface area (Å²) in [4.78, 5) is 10.6. The van der Waals surface area contributed by atoms with E-state index in [1.165, 1.54) is 0 Å². The quantitative estimate of drug-likeness (QED) is 0.612. The van der Waals surface area contributed by atoms with Crippen LogP contribution in [0.5, 0.6) is 0 Å². The van der Waals surface area contributed by atoms with Crippen LogP contribution in [0, 0.1) is 17.0 Å². The molecular weight excluding hydrogens is 220 g/mol. The fourth-order valence-electron chi connectivity index (χ4n) is 1.95. The first kappa shape index (κ1) is 13.5. The molecule has 1 atom stereocenters. The number of aromatic nitrogens is 2. The maximum absolute atomic E-state index is 11.0. The van der Waals surface area contributed by atoms with Crippen molar-refractivity contribution in [2.24, 2.45) is 7.05 Å². The van der Waals surface area contributed by atoms with Crippen LogP contribution in [0.15, 0.2) is 0 Å². The molecule has 1 aromatic rings. The average Bonchev–Trinajstić information content (AvgIpc) is 2.53. The number of anilines is 1. The Bertz CT molecular complexity index is 400. The van der Waals surface area contributed by atoms with E-state index in [2.05, 4.69) is 24.3 Å². The fraction of sp³-hybridized carbons (Fsp3) is 0.727. The van der Waals surface area contributed by atoms with E-state index in [9.17, 15) is 10.1 Å². The molecular formula is C11H20N4O2. The standard InChI is InChI=1S/C11H20N4O2/c1-5-7-9(6-2)12-11-10(15(16)17)8(3)13-14(11)4/h9,12H,5-7H2,1-4H3. The summed E-state index contributed by atoms with van der Waals surface area (Å²) in [6.07, 6.45) is 2.99. The highest BCUT2D eigenvalue weighted by atomic mass is 16.6. The van der Waals surface area contributed by atoms with Gasteiger partial charge in [0.25, 0.3) is 0 Å². The lowest BCUT2D eigenvalue weighted by atomic mass is 10.1. The number of aryl methyl sites for hydroxylation is 2. The second kappa shape index (κ2) is 5.65. The third-order valence-electron chi connectivity index (χ3n) is 2.84. The van der Waals surface area contributed by atoms with E-state index in [1.54, 1.807) is 18.7 Å². The first-order valence-electron chi connectivity index (χ1n) is 5.95. The Labute approximate surface area is 101 Å². The molecule has 0 saturated heterocycles. The molecule has 0 amide bonds. The van der Waals surface area contributed by atoms with Crippen LogP contribution in [0.4, 0.5) is 11.5 Å². The summed E-state index contributed by atoms with van der Waals surface area (Å²) in [5.41, 5.74) is 0.536. The predicted molar refractivity (Wildman–Crippen MR) is 67.2 cm³/mol. The van der Waals surface area contributed by atoms with Gasteiger partial charge in [0.1, 0.15) is 5.69 Å². The molecule has 1 unspecified atom stereocenters. The van der Waals surface area contributed by atoms with Crippen LogP contribution >= 0.6 is 0 Å². The number of rotatable bonds is 6. The van der Waals surface area contributed by atoms with E-state index >= 15 is 0 Å². The van der Waals surface area contributed by atoms with Gasteiger partial charge in [-0.25, -0.2) is 4.68 Å². The minimum atomic E-state index is -0.372. The summed E-state index contributed by atoms with van der Waals surface area (Å²) in [5.74, 6) is 0.507. The van der Waals surface area contributed by atoms with E-state index in [0.717, 1.165) is 19.3 Å². The van der Waals surface area contributed by atoms with E-state index in [0.29, 0.717) is 11.5 Å².